The Balaban J connectivity index is 2.17. The van der Waals surface area contributed by atoms with Crippen LogP contribution >= 0.6 is 15.9 Å². The lowest BCUT2D eigenvalue weighted by molar-refractivity contribution is 0.297. The van der Waals surface area contributed by atoms with Gasteiger partial charge in [-0.25, -0.2) is 0 Å². The highest BCUT2D eigenvalue weighted by Crippen LogP contribution is 2.34. The molecule has 94 valence electrons. The molecule has 2 nitrogen and oxygen atoms in total. The van der Waals surface area contributed by atoms with Gasteiger partial charge in [-0.1, -0.05) is 35.8 Å². The third-order valence-electron chi connectivity index (χ3n) is 3.02. The van der Waals surface area contributed by atoms with Gasteiger partial charge < -0.3 is 9.47 Å². The molecular weight excluding hydrogens is 280 g/mol. The summed E-state index contributed by atoms with van der Waals surface area (Å²) in [6.45, 7) is 5.93. The Morgan fingerprint density at radius 1 is 1.18 bits per heavy atom. The molecule has 3 heteroatoms. The summed E-state index contributed by atoms with van der Waals surface area (Å²) in [6, 6.07) is 6.31. The van der Waals surface area contributed by atoms with Crippen LogP contribution in [0.4, 0.5) is 0 Å². The minimum absolute atomic E-state index is 0.529. The normalized spacial score (nSPS) is 18.3. The second kappa shape index (κ2) is 5.76. The standard InChI is InChI=1S/C14H19BrO2/c1-10(8-11(2)15)12-4-5-13-14(9-12)17-7-3-6-16-13/h4-5,9-11H,3,6-8H2,1-2H3. The summed E-state index contributed by atoms with van der Waals surface area (Å²) >= 11 is 3.60. The molecule has 0 amide bonds. The molecule has 0 aliphatic carbocycles. The van der Waals surface area contributed by atoms with Crippen LogP contribution in [0.3, 0.4) is 0 Å². The zero-order chi connectivity index (χ0) is 12.3. The van der Waals surface area contributed by atoms with Gasteiger partial charge in [0.1, 0.15) is 0 Å². The predicted molar refractivity (Wildman–Crippen MR) is 73.5 cm³/mol. The van der Waals surface area contributed by atoms with Crippen molar-refractivity contribution in [1.82, 2.24) is 0 Å². The Kier molecular flexibility index (Phi) is 4.32. The first-order valence-corrected chi connectivity index (χ1v) is 7.12. The highest BCUT2D eigenvalue weighted by Gasteiger charge is 2.14. The van der Waals surface area contributed by atoms with Crippen molar-refractivity contribution in [3.8, 4) is 11.5 Å². The Morgan fingerprint density at radius 3 is 2.59 bits per heavy atom. The first kappa shape index (κ1) is 12.7. The fourth-order valence-electron chi connectivity index (χ4n) is 2.11. The van der Waals surface area contributed by atoms with Crippen molar-refractivity contribution in [2.75, 3.05) is 13.2 Å². The first-order chi connectivity index (χ1) is 8.16. The molecule has 2 unspecified atom stereocenters. The lowest BCUT2D eigenvalue weighted by Crippen LogP contribution is -2.01. The average Bonchev–Trinajstić information content (AvgIpc) is 2.51. The van der Waals surface area contributed by atoms with Crippen LogP contribution in [0, 0.1) is 0 Å². The van der Waals surface area contributed by atoms with E-state index in [-0.39, 0.29) is 0 Å². The molecule has 0 saturated heterocycles. The molecule has 0 saturated carbocycles. The summed E-state index contributed by atoms with van der Waals surface area (Å²) in [5.74, 6) is 2.31. The number of rotatable bonds is 3. The van der Waals surface area contributed by atoms with E-state index in [1.54, 1.807) is 0 Å². The minimum atomic E-state index is 0.529. The van der Waals surface area contributed by atoms with Crippen LogP contribution in [0.5, 0.6) is 11.5 Å². The van der Waals surface area contributed by atoms with Crippen LogP contribution in [0.25, 0.3) is 0 Å². The number of fused-ring (bicyclic) bond motifs is 1. The van der Waals surface area contributed by atoms with Gasteiger partial charge in [0.05, 0.1) is 13.2 Å². The summed E-state index contributed by atoms with van der Waals surface area (Å²) in [4.78, 5) is 0.536. The smallest absolute Gasteiger partial charge is 0.161 e. The first-order valence-electron chi connectivity index (χ1n) is 6.20. The van der Waals surface area contributed by atoms with Crippen molar-refractivity contribution in [3.63, 3.8) is 0 Å². The summed E-state index contributed by atoms with van der Waals surface area (Å²) < 4.78 is 11.3. The van der Waals surface area contributed by atoms with E-state index < -0.39 is 0 Å². The van der Waals surface area contributed by atoms with Crippen molar-refractivity contribution >= 4 is 15.9 Å². The molecular formula is C14H19BrO2. The van der Waals surface area contributed by atoms with Gasteiger partial charge in [0.15, 0.2) is 11.5 Å². The molecule has 2 atom stereocenters. The zero-order valence-corrected chi connectivity index (χ0v) is 12.0. The maximum atomic E-state index is 5.71. The quantitative estimate of drug-likeness (QED) is 0.781. The summed E-state index contributed by atoms with van der Waals surface area (Å²) in [7, 11) is 0. The maximum Gasteiger partial charge on any atom is 0.161 e. The number of benzene rings is 1. The SMILES string of the molecule is CC(Br)CC(C)c1ccc2c(c1)OCCCO2. The van der Waals surface area contributed by atoms with Crippen molar-refractivity contribution in [2.45, 2.75) is 37.4 Å². The fourth-order valence-corrected chi connectivity index (χ4v) is 2.67. The monoisotopic (exact) mass is 298 g/mol. The molecule has 1 heterocycles. The number of halogens is 1. The predicted octanol–water partition coefficient (Wildman–Crippen LogP) is 4.12. The second-order valence-electron chi connectivity index (χ2n) is 4.67. The van der Waals surface area contributed by atoms with Crippen LogP contribution in [0.15, 0.2) is 18.2 Å². The van der Waals surface area contributed by atoms with E-state index in [4.69, 9.17) is 9.47 Å². The molecule has 0 spiro atoms. The number of hydrogen-bond donors (Lipinski definition) is 0. The van der Waals surface area contributed by atoms with Crippen LogP contribution < -0.4 is 9.47 Å². The zero-order valence-electron chi connectivity index (χ0n) is 10.4. The number of alkyl halides is 1. The van der Waals surface area contributed by atoms with Crippen LogP contribution in [-0.4, -0.2) is 18.0 Å². The molecule has 0 N–H and O–H groups in total. The van der Waals surface area contributed by atoms with E-state index in [1.165, 1.54) is 5.56 Å². The number of hydrogen-bond acceptors (Lipinski definition) is 2. The van der Waals surface area contributed by atoms with E-state index in [2.05, 4.69) is 41.9 Å². The molecule has 0 aromatic heterocycles. The Labute approximate surface area is 111 Å². The highest BCUT2D eigenvalue weighted by atomic mass is 79.9. The third kappa shape index (κ3) is 3.38. The Bertz CT molecular complexity index is 376. The third-order valence-corrected chi connectivity index (χ3v) is 3.39. The molecule has 0 radical (unpaired) electrons. The lowest BCUT2D eigenvalue weighted by atomic mass is 9.96. The molecule has 1 aromatic rings. The minimum Gasteiger partial charge on any atom is -0.490 e. The largest absolute Gasteiger partial charge is 0.490 e. The van der Waals surface area contributed by atoms with Crippen molar-refractivity contribution in [1.29, 1.82) is 0 Å². The van der Waals surface area contributed by atoms with Gasteiger partial charge in [-0.3, -0.25) is 0 Å². The van der Waals surface area contributed by atoms with Crippen LogP contribution in [-0.2, 0) is 0 Å². The second-order valence-corrected chi connectivity index (χ2v) is 6.24. The fraction of sp³-hybridized carbons (Fsp3) is 0.571. The van der Waals surface area contributed by atoms with Crippen LogP contribution in [0.2, 0.25) is 0 Å². The Hall–Kier alpha value is -0.700. The average molecular weight is 299 g/mol. The van der Waals surface area contributed by atoms with E-state index in [9.17, 15) is 0 Å². The maximum absolute atomic E-state index is 5.71. The molecule has 1 aromatic carbocycles. The summed E-state index contributed by atoms with van der Waals surface area (Å²) in [6.07, 6.45) is 2.08. The van der Waals surface area contributed by atoms with E-state index in [0.29, 0.717) is 10.7 Å². The molecule has 0 fully saturated rings. The molecule has 0 bridgehead atoms. The van der Waals surface area contributed by atoms with Gasteiger partial charge in [0.2, 0.25) is 0 Å². The molecule has 17 heavy (non-hydrogen) atoms. The van der Waals surface area contributed by atoms with Gasteiger partial charge in [-0.15, -0.1) is 0 Å². The van der Waals surface area contributed by atoms with Gasteiger partial charge in [-0.2, -0.15) is 0 Å². The van der Waals surface area contributed by atoms with Gasteiger partial charge >= 0.3 is 0 Å². The molecule has 1 aliphatic heterocycles. The van der Waals surface area contributed by atoms with Crippen molar-refractivity contribution in [3.05, 3.63) is 23.8 Å². The molecule has 2 rings (SSSR count). The summed E-state index contributed by atoms with van der Waals surface area (Å²) in [5.41, 5.74) is 1.32. The number of ether oxygens (including phenoxy) is 2. The van der Waals surface area contributed by atoms with E-state index in [0.717, 1.165) is 37.6 Å². The van der Waals surface area contributed by atoms with E-state index in [1.807, 2.05) is 6.07 Å². The molecule has 1 aliphatic rings. The van der Waals surface area contributed by atoms with Gasteiger partial charge in [0, 0.05) is 11.2 Å². The Morgan fingerprint density at radius 2 is 1.88 bits per heavy atom. The van der Waals surface area contributed by atoms with Crippen molar-refractivity contribution < 1.29 is 9.47 Å². The van der Waals surface area contributed by atoms with E-state index >= 15 is 0 Å². The van der Waals surface area contributed by atoms with Gasteiger partial charge in [-0.05, 0) is 30.0 Å². The van der Waals surface area contributed by atoms with Crippen LogP contribution in [0.1, 0.15) is 38.2 Å². The summed E-state index contributed by atoms with van der Waals surface area (Å²) in [5, 5.41) is 0. The highest BCUT2D eigenvalue weighted by molar-refractivity contribution is 9.09. The van der Waals surface area contributed by atoms with Crippen molar-refractivity contribution in [2.24, 2.45) is 0 Å². The van der Waals surface area contributed by atoms with Gasteiger partial charge in [0.25, 0.3) is 0 Å². The lowest BCUT2D eigenvalue weighted by Gasteiger charge is -2.15. The topological polar surface area (TPSA) is 18.5 Å².